The molecule has 2 nitrogen and oxygen atoms in total. The van der Waals surface area contributed by atoms with Crippen LogP contribution in [0.1, 0.15) is 0 Å². The predicted molar refractivity (Wildman–Crippen MR) is 57.6 cm³/mol. The highest BCUT2D eigenvalue weighted by molar-refractivity contribution is 9.10. The molecule has 0 aliphatic carbocycles. The van der Waals surface area contributed by atoms with Gasteiger partial charge in [0.1, 0.15) is 13.0 Å². The monoisotopic (exact) mass is 265 g/mol. The van der Waals surface area contributed by atoms with Crippen molar-refractivity contribution in [2.24, 2.45) is 0 Å². The number of rotatable bonds is 1. The van der Waals surface area contributed by atoms with Gasteiger partial charge in [-0.05, 0) is 25.5 Å². The van der Waals surface area contributed by atoms with Crippen molar-refractivity contribution < 1.29 is 8.96 Å². The van der Waals surface area contributed by atoms with Gasteiger partial charge in [-0.2, -0.15) is 0 Å². The summed E-state index contributed by atoms with van der Waals surface area (Å²) in [4.78, 5) is 0. The second-order valence-corrected chi connectivity index (χ2v) is 7.24. The van der Waals surface area contributed by atoms with E-state index in [9.17, 15) is 8.96 Å². The van der Waals surface area contributed by atoms with Crippen LogP contribution >= 0.6 is 23.1 Å². The lowest BCUT2D eigenvalue weighted by Crippen LogP contribution is -2.14. The van der Waals surface area contributed by atoms with E-state index in [0.717, 1.165) is 0 Å². The number of benzene rings is 1. The van der Waals surface area contributed by atoms with E-state index in [2.05, 4.69) is 15.9 Å². The minimum atomic E-state index is -2.63. The summed E-state index contributed by atoms with van der Waals surface area (Å²) in [5.74, 6) is -0.514. The van der Waals surface area contributed by atoms with Crippen LogP contribution in [-0.4, -0.2) is 13.3 Å². The first-order chi connectivity index (χ1) is 5.82. The summed E-state index contributed by atoms with van der Waals surface area (Å²) < 4.78 is 25.5. The summed E-state index contributed by atoms with van der Waals surface area (Å²) in [5, 5.41) is 0.135. The maximum atomic E-state index is 13.3. The van der Waals surface area contributed by atoms with Crippen molar-refractivity contribution in [3.8, 4) is 0 Å². The van der Waals surface area contributed by atoms with Crippen LogP contribution in [0, 0.1) is 5.82 Å². The quantitative estimate of drug-likeness (QED) is 0.626. The highest BCUT2D eigenvalue weighted by Crippen LogP contribution is 2.38. The van der Waals surface area contributed by atoms with Gasteiger partial charge < -0.3 is 10.3 Å². The van der Waals surface area contributed by atoms with Crippen molar-refractivity contribution in [1.29, 1.82) is 0 Å². The molecular weight excluding hydrogens is 256 g/mol. The van der Waals surface area contributed by atoms with E-state index in [4.69, 9.17) is 5.73 Å². The van der Waals surface area contributed by atoms with Gasteiger partial charge in [-0.1, -0.05) is 15.9 Å². The van der Waals surface area contributed by atoms with Crippen molar-refractivity contribution in [2.45, 2.75) is 0 Å². The third-order valence-corrected chi connectivity index (χ3v) is 3.60. The van der Waals surface area contributed by atoms with Crippen molar-refractivity contribution in [3.63, 3.8) is 0 Å². The van der Waals surface area contributed by atoms with E-state index in [-0.39, 0.29) is 11.0 Å². The Kier molecular flexibility index (Phi) is 2.83. The molecule has 0 atom stereocenters. The molecule has 0 aliphatic rings. The molecule has 2 N–H and O–H groups in total. The van der Waals surface area contributed by atoms with E-state index in [1.807, 2.05) is 0 Å². The molecule has 0 saturated heterocycles. The predicted octanol–water partition coefficient (Wildman–Crippen LogP) is 2.42. The van der Waals surface area contributed by atoms with Crippen LogP contribution in [0.25, 0.3) is 0 Å². The molecule has 1 rings (SSSR count). The maximum Gasteiger partial charge on any atom is 0.137 e. The average Bonchev–Trinajstić information content (AvgIpc) is 1.78. The van der Waals surface area contributed by atoms with Crippen LogP contribution in [0.2, 0.25) is 0 Å². The molecule has 0 saturated carbocycles. The van der Waals surface area contributed by atoms with Gasteiger partial charge in [0.25, 0.3) is 0 Å². The highest BCUT2D eigenvalue weighted by Gasteiger charge is 2.20. The number of anilines is 1. The minimum Gasteiger partial charge on any atom is -0.398 e. The fraction of sp³-hybridized carbons (Fsp3) is 0.250. The lowest BCUT2D eigenvalue weighted by molar-refractivity contribution is 0.585. The number of hydrogen-bond donors (Lipinski definition) is 1. The maximum absolute atomic E-state index is 13.3. The van der Waals surface area contributed by atoms with Gasteiger partial charge in [-0.3, -0.25) is 0 Å². The molecule has 0 aromatic heterocycles. The second-order valence-electron chi connectivity index (χ2n) is 3.18. The van der Waals surface area contributed by atoms with Gasteiger partial charge in [0, 0.05) is 10.2 Å². The minimum absolute atomic E-state index is 0.135. The molecular formula is C8H10BrFNOP. The van der Waals surface area contributed by atoms with Crippen molar-refractivity contribution in [3.05, 3.63) is 22.4 Å². The molecule has 13 heavy (non-hydrogen) atoms. The van der Waals surface area contributed by atoms with E-state index in [1.54, 1.807) is 6.07 Å². The lowest BCUT2D eigenvalue weighted by Gasteiger charge is -2.11. The van der Waals surface area contributed by atoms with Gasteiger partial charge in [-0.15, -0.1) is 0 Å². The van der Waals surface area contributed by atoms with Gasteiger partial charge in [0.2, 0.25) is 0 Å². The first kappa shape index (κ1) is 10.7. The number of nitrogens with two attached hydrogens (primary N) is 1. The van der Waals surface area contributed by atoms with Crippen molar-refractivity contribution in [1.82, 2.24) is 0 Å². The zero-order valence-corrected chi connectivity index (χ0v) is 9.82. The normalized spacial score (nSPS) is 11.7. The van der Waals surface area contributed by atoms with E-state index >= 15 is 0 Å². The number of hydrogen-bond acceptors (Lipinski definition) is 2. The van der Waals surface area contributed by atoms with Crippen LogP contribution < -0.4 is 11.0 Å². The summed E-state index contributed by atoms with van der Waals surface area (Å²) in [6, 6.07) is 2.82. The van der Waals surface area contributed by atoms with Crippen LogP contribution in [0.15, 0.2) is 16.6 Å². The number of nitrogen functional groups attached to an aromatic ring is 1. The standard InChI is InChI=1S/C8H10BrFNOP/c1-13(2,12)8-6(10)3-5(9)4-7(8)11/h3-4H,11H2,1-2H3. The highest BCUT2D eigenvalue weighted by atomic mass is 79.9. The van der Waals surface area contributed by atoms with Gasteiger partial charge in [-0.25, -0.2) is 4.39 Å². The van der Waals surface area contributed by atoms with Gasteiger partial charge in [0.05, 0.1) is 5.30 Å². The SMILES string of the molecule is CP(C)(=O)c1c(N)cc(Br)cc1F. The van der Waals surface area contributed by atoms with Gasteiger partial charge in [0.15, 0.2) is 0 Å². The van der Waals surface area contributed by atoms with E-state index in [1.165, 1.54) is 19.4 Å². The van der Waals surface area contributed by atoms with Crippen LogP contribution in [-0.2, 0) is 4.57 Å². The summed E-state index contributed by atoms with van der Waals surface area (Å²) in [6.07, 6.45) is 0. The Hall–Kier alpha value is -0.340. The molecule has 1 aromatic rings. The Balaban J connectivity index is 3.47. The molecule has 72 valence electrons. The Labute approximate surface area is 84.8 Å². The first-order valence-corrected chi connectivity index (χ1v) is 7.02. The Bertz CT molecular complexity index is 365. The zero-order chi connectivity index (χ0) is 10.2. The molecule has 0 bridgehead atoms. The topological polar surface area (TPSA) is 43.1 Å². The zero-order valence-electron chi connectivity index (χ0n) is 7.34. The van der Waals surface area contributed by atoms with E-state index in [0.29, 0.717) is 4.47 Å². The van der Waals surface area contributed by atoms with Gasteiger partial charge >= 0.3 is 0 Å². The Morgan fingerprint density at radius 3 is 2.38 bits per heavy atom. The summed E-state index contributed by atoms with van der Waals surface area (Å²) in [7, 11) is -2.63. The molecule has 5 heteroatoms. The van der Waals surface area contributed by atoms with Crippen molar-refractivity contribution >= 4 is 34.1 Å². The van der Waals surface area contributed by atoms with E-state index < -0.39 is 13.0 Å². The summed E-state index contributed by atoms with van der Waals surface area (Å²) in [6.45, 7) is 2.99. The first-order valence-electron chi connectivity index (χ1n) is 3.62. The molecule has 0 fully saturated rings. The molecule has 1 aromatic carbocycles. The smallest absolute Gasteiger partial charge is 0.137 e. The summed E-state index contributed by atoms with van der Waals surface area (Å²) in [5.41, 5.74) is 5.80. The average molecular weight is 266 g/mol. The molecule has 0 spiro atoms. The Morgan fingerprint density at radius 1 is 1.46 bits per heavy atom. The van der Waals surface area contributed by atoms with Crippen LogP contribution in [0.4, 0.5) is 10.1 Å². The fourth-order valence-corrected chi connectivity index (χ4v) is 2.87. The number of halogens is 2. The van der Waals surface area contributed by atoms with Crippen molar-refractivity contribution in [2.75, 3.05) is 19.1 Å². The van der Waals surface area contributed by atoms with Crippen LogP contribution in [0.5, 0.6) is 0 Å². The Morgan fingerprint density at radius 2 is 2.00 bits per heavy atom. The molecule has 0 unspecified atom stereocenters. The third-order valence-electron chi connectivity index (χ3n) is 1.60. The third kappa shape index (κ3) is 2.32. The summed E-state index contributed by atoms with van der Waals surface area (Å²) >= 11 is 3.10. The lowest BCUT2D eigenvalue weighted by atomic mass is 10.3. The molecule has 0 radical (unpaired) electrons. The fourth-order valence-electron chi connectivity index (χ4n) is 1.15. The molecule has 0 aliphatic heterocycles. The molecule has 0 heterocycles. The molecule has 0 amide bonds. The van der Waals surface area contributed by atoms with Crippen LogP contribution in [0.3, 0.4) is 0 Å². The second kappa shape index (κ2) is 3.43. The largest absolute Gasteiger partial charge is 0.398 e.